The lowest BCUT2D eigenvalue weighted by molar-refractivity contribution is 0.175. The molecule has 1 aromatic carbocycles. The van der Waals surface area contributed by atoms with Gasteiger partial charge in [-0.25, -0.2) is 0 Å². The van der Waals surface area contributed by atoms with Gasteiger partial charge in [0, 0.05) is 6.04 Å². The van der Waals surface area contributed by atoms with Crippen molar-refractivity contribution in [1.82, 2.24) is 4.90 Å². The highest BCUT2D eigenvalue weighted by Crippen LogP contribution is 2.25. The van der Waals surface area contributed by atoms with E-state index in [9.17, 15) is 0 Å². The van der Waals surface area contributed by atoms with Gasteiger partial charge in [-0.1, -0.05) is 18.6 Å². The Morgan fingerprint density at radius 3 is 2.25 bits per heavy atom. The van der Waals surface area contributed by atoms with Gasteiger partial charge < -0.3 is 4.74 Å². The number of hydrogen-bond acceptors (Lipinski definition) is 2. The molecule has 1 saturated heterocycles. The molecule has 0 bridgehead atoms. The standard InChI is InChI=1S/C14H21NO/c1-12(15-10-4-3-5-11-15)13-6-8-14(16-2)9-7-13/h6-9,12H,3-5,10-11H2,1-2H3. The van der Waals surface area contributed by atoms with Gasteiger partial charge in [0.15, 0.2) is 0 Å². The number of nitrogens with zero attached hydrogens (tertiary/aromatic N) is 1. The lowest BCUT2D eigenvalue weighted by atomic mass is 10.0. The molecule has 0 amide bonds. The number of methoxy groups -OCH3 is 1. The zero-order valence-corrected chi connectivity index (χ0v) is 10.3. The Labute approximate surface area is 98.2 Å². The first kappa shape index (κ1) is 11.5. The van der Waals surface area contributed by atoms with Crippen LogP contribution >= 0.6 is 0 Å². The Balaban J connectivity index is 2.04. The molecule has 1 aliphatic rings. The third-order valence-electron chi connectivity index (χ3n) is 3.54. The van der Waals surface area contributed by atoms with Gasteiger partial charge in [-0.2, -0.15) is 0 Å². The molecule has 1 heterocycles. The van der Waals surface area contributed by atoms with Crippen LogP contribution < -0.4 is 4.74 Å². The van der Waals surface area contributed by atoms with Crippen LogP contribution in [0, 0.1) is 0 Å². The van der Waals surface area contributed by atoms with Gasteiger partial charge in [0.2, 0.25) is 0 Å². The number of likely N-dealkylation sites (tertiary alicyclic amines) is 1. The maximum Gasteiger partial charge on any atom is 0.118 e. The molecule has 1 aliphatic heterocycles. The summed E-state index contributed by atoms with van der Waals surface area (Å²) in [5.74, 6) is 0.939. The molecule has 0 spiro atoms. The summed E-state index contributed by atoms with van der Waals surface area (Å²) in [6.45, 7) is 4.79. The fourth-order valence-electron chi connectivity index (χ4n) is 2.40. The number of piperidine rings is 1. The Hall–Kier alpha value is -1.02. The van der Waals surface area contributed by atoms with Crippen LogP contribution in [0.5, 0.6) is 5.75 Å². The summed E-state index contributed by atoms with van der Waals surface area (Å²) in [4.78, 5) is 2.57. The molecule has 2 heteroatoms. The first-order chi connectivity index (χ1) is 7.81. The van der Waals surface area contributed by atoms with Crippen LogP contribution in [-0.4, -0.2) is 25.1 Å². The zero-order chi connectivity index (χ0) is 11.4. The van der Waals surface area contributed by atoms with Gasteiger partial charge in [0.05, 0.1) is 7.11 Å². The minimum atomic E-state index is 0.534. The van der Waals surface area contributed by atoms with E-state index in [2.05, 4.69) is 36.1 Å². The van der Waals surface area contributed by atoms with E-state index < -0.39 is 0 Å². The van der Waals surface area contributed by atoms with E-state index in [4.69, 9.17) is 4.74 Å². The minimum Gasteiger partial charge on any atom is -0.497 e. The number of ether oxygens (including phenoxy) is 1. The van der Waals surface area contributed by atoms with Crippen molar-refractivity contribution in [3.8, 4) is 5.75 Å². The lowest BCUT2D eigenvalue weighted by Gasteiger charge is -2.32. The Morgan fingerprint density at radius 1 is 1.06 bits per heavy atom. The predicted molar refractivity (Wildman–Crippen MR) is 66.8 cm³/mol. The third-order valence-corrected chi connectivity index (χ3v) is 3.54. The average molecular weight is 219 g/mol. The van der Waals surface area contributed by atoms with E-state index in [0.717, 1.165) is 5.75 Å². The van der Waals surface area contributed by atoms with Crippen LogP contribution in [0.2, 0.25) is 0 Å². The Morgan fingerprint density at radius 2 is 1.69 bits per heavy atom. The van der Waals surface area contributed by atoms with Gasteiger partial charge in [0.1, 0.15) is 5.75 Å². The van der Waals surface area contributed by atoms with E-state index in [0.29, 0.717) is 6.04 Å². The van der Waals surface area contributed by atoms with E-state index in [1.54, 1.807) is 7.11 Å². The van der Waals surface area contributed by atoms with Crippen molar-refractivity contribution < 1.29 is 4.74 Å². The summed E-state index contributed by atoms with van der Waals surface area (Å²) in [6.07, 6.45) is 4.09. The number of rotatable bonds is 3. The van der Waals surface area contributed by atoms with Crippen molar-refractivity contribution in [3.63, 3.8) is 0 Å². The molecule has 2 nitrogen and oxygen atoms in total. The highest BCUT2D eigenvalue weighted by molar-refractivity contribution is 5.28. The maximum atomic E-state index is 5.18. The first-order valence-electron chi connectivity index (χ1n) is 6.19. The second kappa shape index (κ2) is 5.35. The zero-order valence-electron chi connectivity index (χ0n) is 10.3. The molecule has 1 fully saturated rings. The van der Waals surface area contributed by atoms with Gasteiger partial charge in [-0.3, -0.25) is 4.90 Å². The van der Waals surface area contributed by atoms with Gasteiger partial charge in [0.25, 0.3) is 0 Å². The van der Waals surface area contributed by atoms with Crippen molar-refractivity contribution in [2.45, 2.75) is 32.2 Å². The maximum absolute atomic E-state index is 5.18. The van der Waals surface area contributed by atoms with Crippen molar-refractivity contribution >= 4 is 0 Å². The molecule has 0 radical (unpaired) electrons. The molecule has 16 heavy (non-hydrogen) atoms. The monoisotopic (exact) mass is 219 g/mol. The van der Waals surface area contributed by atoms with Crippen LogP contribution in [0.25, 0.3) is 0 Å². The van der Waals surface area contributed by atoms with Crippen LogP contribution in [0.4, 0.5) is 0 Å². The number of benzene rings is 1. The van der Waals surface area contributed by atoms with E-state index in [1.807, 2.05) is 0 Å². The van der Waals surface area contributed by atoms with Crippen molar-refractivity contribution in [2.24, 2.45) is 0 Å². The summed E-state index contributed by atoms with van der Waals surface area (Å²) >= 11 is 0. The summed E-state index contributed by atoms with van der Waals surface area (Å²) in [7, 11) is 1.71. The summed E-state index contributed by atoms with van der Waals surface area (Å²) in [5, 5.41) is 0. The largest absolute Gasteiger partial charge is 0.497 e. The molecule has 0 aliphatic carbocycles. The van der Waals surface area contributed by atoms with Crippen LogP contribution in [0.3, 0.4) is 0 Å². The normalized spacial score (nSPS) is 19.4. The highest BCUT2D eigenvalue weighted by Gasteiger charge is 2.17. The molecule has 2 rings (SSSR count). The van der Waals surface area contributed by atoms with E-state index in [-0.39, 0.29) is 0 Å². The fourth-order valence-corrected chi connectivity index (χ4v) is 2.40. The summed E-state index contributed by atoms with van der Waals surface area (Å²) in [5.41, 5.74) is 1.39. The molecule has 1 unspecified atom stereocenters. The molecule has 1 aromatic rings. The van der Waals surface area contributed by atoms with Crippen molar-refractivity contribution in [3.05, 3.63) is 29.8 Å². The highest BCUT2D eigenvalue weighted by atomic mass is 16.5. The minimum absolute atomic E-state index is 0.534. The first-order valence-corrected chi connectivity index (χ1v) is 6.19. The van der Waals surface area contributed by atoms with Crippen molar-refractivity contribution in [1.29, 1.82) is 0 Å². The molecule has 0 saturated carbocycles. The molecular weight excluding hydrogens is 198 g/mol. The molecule has 88 valence electrons. The molecule has 1 atom stereocenters. The SMILES string of the molecule is COc1ccc(C(C)N2CCCCC2)cc1. The molecule has 0 N–H and O–H groups in total. The van der Waals surface area contributed by atoms with E-state index >= 15 is 0 Å². The van der Waals surface area contributed by atoms with Crippen molar-refractivity contribution in [2.75, 3.05) is 20.2 Å². The predicted octanol–water partition coefficient (Wildman–Crippen LogP) is 3.24. The van der Waals surface area contributed by atoms with Crippen LogP contribution in [-0.2, 0) is 0 Å². The topological polar surface area (TPSA) is 12.5 Å². The van der Waals surface area contributed by atoms with E-state index in [1.165, 1.54) is 37.9 Å². The van der Waals surface area contributed by atoms with Crippen LogP contribution in [0.1, 0.15) is 37.8 Å². The number of hydrogen-bond donors (Lipinski definition) is 0. The Kier molecular flexibility index (Phi) is 3.83. The summed E-state index contributed by atoms with van der Waals surface area (Å²) in [6, 6.07) is 8.99. The quantitative estimate of drug-likeness (QED) is 0.773. The third kappa shape index (κ3) is 2.56. The van der Waals surface area contributed by atoms with Gasteiger partial charge in [-0.15, -0.1) is 0 Å². The van der Waals surface area contributed by atoms with Crippen LogP contribution in [0.15, 0.2) is 24.3 Å². The smallest absolute Gasteiger partial charge is 0.118 e. The lowest BCUT2D eigenvalue weighted by Crippen LogP contribution is -2.32. The second-order valence-corrected chi connectivity index (χ2v) is 4.55. The summed E-state index contributed by atoms with van der Waals surface area (Å²) < 4.78 is 5.18. The van der Waals surface area contributed by atoms with Gasteiger partial charge >= 0.3 is 0 Å². The second-order valence-electron chi connectivity index (χ2n) is 4.55. The molecule has 0 aromatic heterocycles. The molecular formula is C14H21NO. The fraction of sp³-hybridized carbons (Fsp3) is 0.571. The average Bonchev–Trinajstić information content (AvgIpc) is 2.39. The Bertz CT molecular complexity index is 314. The van der Waals surface area contributed by atoms with Gasteiger partial charge in [-0.05, 0) is 50.6 Å².